The van der Waals surface area contributed by atoms with Crippen molar-refractivity contribution in [2.75, 3.05) is 25.5 Å². The van der Waals surface area contributed by atoms with E-state index in [-0.39, 0.29) is 5.91 Å². The third-order valence-corrected chi connectivity index (χ3v) is 4.05. The number of rotatable bonds is 4. The maximum atomic E-state index is 12.4. The highest BCUT2D eigenvalue weighted by Gasteiger charge is 2.20. The Kier molecular flexibility index (Phi) is 4.67. The standard InChI is InChI=1S/C17H18ClN3O2/c1-23-16-5-4-13(18)9-15(16)20-14-8-12(10-19-11-14)17(22)21-6-2-3-7-21/h4-5,8-11,20H,2-3,6-7H2,1H3. The van der Waals surface area contributed by atoms with E-state index in [9.17, 15) is 4.79 Å². The average Bonchev–Trinajstić information content (AvgIpc) is 3.09. The molecule has 1 aromatic carbocycles. The molecule has 3 rings (SSSR count). The van der Waals surface area contributed by atoms with Crippen LogP contribution in [0, 0.1) is 0 Å². The molecule has 1 saturated heterocycles. The molecule has 1 amide bonds. The number of pyridine rings is 1. The van der Waals surface area contributed by atoms with Gasteiger partial charge in [0.25, 0.3) is 5.91 Å². The zero-order chi connectivity index (χ0) is 16.2. The van der Waals surface area contributed by atoms with Gasteiger partial charge in [-0.25, -0.2) is 0 Å². The van der Waals surface area contributed by atoms with Gasteiger partial charge in [-0.15, -0.1) is 0 Å². The van der Waals surface area contributed by atoms with Crippen LogP contribution in [0.1, 0.15) is 23.2 Å². The highest BCUT2D eigenvalue weighted by atomic mass is 35.5. The number of likely N-dealkylation sites (tertiary alicyclic amines) is 1. The van der Waals surface area contributed by atoms with Crippen LogP contribution in [0.25, 0.3) is 0 Å². The number of halogens is 1. The molecule has 120 valence electrons. The Morgan fingerprint density at radius 1 is 1.26 bits per heavy atom. The van der Waals surface area contributed by atoms with Gasteiger partial charge in [-0.1, -0.05) is 11.6 Å². The minimum atomic E-state index is 0.0247. The van der Waals surface area contributed by atoms with Crippen molar-refractivity contribution < 1.29 is 9.53 Å². The molecule has 0 aliphatic carbocycles. The van der Waals surface area contributed by atoms with Crippen molar-refractivity contribution in [3.8, 4) is 5.75 Å². The number of ether oxygens (including phenoxy) is 1. The number of nitrogens with one attached hydrogen (secondary N) is 1. The minimum absolute atomic E-state index is 0.0247. The molecule has 0 atom stereocenters. The Balaban J connectivity index is 1.83. The molecule has 0 saturated carbocycles. The summed E-state index contributed by atoms with van der Waals surface area (Å²) < 4.78 is 5.31. The number of anilines is 2. The summed E-state index contributed by atoms with van der Waals surface area (Å²) in [4.78, 5) is 18.5. The van der Waals surface area contributed by atoms with E-state index in [4.69, 9.17) is 16.3 Å². The zero-order valence-electron chi connectivity index (χ0n) is 12.9. The molecule has 1 aliphatic rings. The van der Waals surface area contributed by atoms with E-state index in [1.807, 2.05) is 4.90 Å². The van der Waals surface area contributed by atoms with Crippen molar-refractivity contribution in [3.63, 3.8) is 0 Å². The lowest BCUT2D eigenvalue weighted by atomic mass is 10.2. The second-order valence-electron chi connectivity index (χ2n) is 5.43. The second kappa shape index (κ2) is 6.87. The van der Waals surface area contributed by atoms with Gasteiger partial charge in [0.1, 0.15) is 5.75 Å². The van der Waals surface area contributed by atoms with E-state index in [0.717, 1.165) is 37.3 Å². The van der Waals surface area contributed by atoms with Gasteiger partial charge >= 0.3 is 0 Å². The Labute approximate surface area is 140 Å². The Morgan fingerprint density at radius 2 is 2.04 bits per heavy atom. The van der Waals surface area contributed by atoms with Crippen LogP contribution in [0.2, 0.25) is 5.02 Å². The van der Waals surface area contributed by atoms with Crippen molar-refractivity contribution in [1.82, 2.24) is 9.88 Å². The van der Waals surface area contributed by atoms with Gasteiger partial charge < -0.3 is 15.0 Å². The first-order valence-electron chi connectivity index (χ1n) is 7.52. The Hall–Kier alpha value is -2.27. The zero-order valence-corrected chi connectivity index (χ0v) is 13.6. The highest BCUT2D eigenvalue weighted by Crippen LogP contribution is 2.30. The molecule has 5 nitrogen and oxygen atoms in total. The van der Waals surface area contributed by atoms with Crippen molar-refractivity contribution in [1.29, 1.82) is 0 Å². The SMILES string of the molecule is COc1ccc(Cl)cc1Nc1cncc(C(=O)N2CCCC2)c1. The monoisotopic (exact) mass is 331 g/mol. The number of carbonyl (C=O) groups excluding carboxylic acids is 1. The molecule has 1 fully saturated rings. The number of hydrogen-bond acceptors (Lipinski definition) is 4. The molecule has 0 unspecified atom stereocenters. The van der Waals surface area contributed by atoms with E-state index < -0.39 is 0 Å². The highest BCUT2D eigenvalue weighted by molar-refractivity contribution is 6.31. The van der Waals surface area contributed by atoms with Gasteiger partial charge in [0.2, 0.25) is 0 Å². The number of carbonyl (C=O) groups is 1. The predicted molar refractivity (Wildman–Crippen MR) is 90.7 cm³/mol. The molecule has 1 N–H and O–H groups in total. The van der Waals surface area contributed by atoms with Gasteiger partial charge in [-0.2, -0.15) is 0 Å². The van der Waals surface area contributed by atoms with E-state index in [1.54, 1.807) is 43.8 Å². The maximum absolute atomic E-state index is 12.4. The van der Waals surface area contributed by atoms with Crippen LogP contribution < -0.4 is 10.1 Å². The fourth-order valence-electron chi connectivity index (χ4n) is 2.66. The summed E-state index contributed by atoms with van der Waals surface area (Å²) in [7, 11) is 1.60. The lowest BCUT2D eigenvalue weighted by Gasteiger charge is -2.16. The third-order valence-electron chi connectivity index (χ3n) is 3.82. The van der Waals surface area contributed by atoms with Crippen molar-refractivity contribution >= 4 is 28.9 Å². The fourth-order valence-corrected chi connectivity index (χ4v) is 2.83. The van der Waals surface area contributed by atoms with Gasteiger partial charge in [0, 0.05) is 24.3 Å². The molecule has 0 spiro atoms. The summed E-state index contributed by atoms with van der Waals surface area (Å²) in [5.74, 6) is 0.697. The molecule has 2 heterocycles. The van der Waals surface area contributed by atoms with Gasteiger partial charge in [0.15, 0.2) is 0 Å². The number of hydrogen-bond donors (Lipinski definition) is 1. The second-order valence-corrected chi connectivity index (χ2v) is 5.87. The van der Waals surface area contributed by atoms with Crippen LogP contribution in [0.5, 0.6) is 5.75 Å². The topological polar surface area (TPSA) is 54.5 Å². The molecular formula is C17H18ClN3O2. The molecule has 6 heteroatoms. The van der Waals surface area contributed by atoms with E-state index in [1.165, 1.54) is 0 Å². The number of aromatic nitrogens is 1. The summed E-state index contributed by atoms with van der Waals surface area (Å²) in [6, 6.07) is 7.12. The molecule has 1 aliphatic heterocycles. The van der Waals surface area contributed by atoms with E-state index >= 15 is 0 Å². The first-order chi connectivity index (χ1) is 11.2. The summed E-state index contributed by atoms with van der Waals surface area (Å²) in [5.41, 5.74) is 2.03. The average molecular weight is 332 g/mol. The molecule has 2 aromatic rings. The van der Waals surface area contributed by atoms with E-state index in [2.05, 4.69) is 10.3 Å². The molecule has 1 aromatic heterocycles. The normalized spacial score (nSPS) is 13.9. The Morgan fingerprint density at radius 3 is 2.78 bits per heavy atom. The predicted octanol–water partition coefficient (Wildman–Crippen LogP) is 3.72. The van der Waals surface area contributed by atoms with E-state index in [0.29, 0.717) is 16.3 Å². The van der Waals surface area contributed by atoms with Crippen LogP contribution >= 0.6 is 11.6 Å². The largest absolute Gasteiger partial charge is 0.495 e. The summed E-state index contributed by atoms with van der Waals surface area (Å²) in [6.45, 7) is 1.64. The minimum Gasteiger partial charge on any atom is -0.495 e. The lowest BCUT2D eigenvalue weighted by molar-refractivity contribution is 0.0792. The quantitative estimate of drug-likeness (QED) is 0.927. The first kappa shape index (κ1) is 15.6. The smallest absolute Gasteiger partial charge is 0.255 e. The molecule has 23 heavy (non-hydrogen) atoms. The summed E-state index contributed by atoms with van der Waals surface area (Å²) >= 11 is 6.04. The van der Waals surface area contributed by atoms with Gasteiger partial charge in [-0.05, 0) is 37.1 Å². The van der Waals surface area contributed by atoms with Crippen LogP contribution in [0.4, 0.5) is 11.4 Å². The number of amides is 1. The van der Waals surface area contributed by atoms with Crippen LogP contribution in [0.3, 0.4) is 0 Å². The van der Waals surface area contributed by atoms with Crippen molar-refractivity contribution in [2.24, 2.45) is 0 Å². The van der Waals surface area contributed by atoms with Crippen LogP contribution in [0.15, 0.2) is 36.7 Å². The first-order valence-corrected chi connectivity index (χ1v) is 7.90. The number of benzene rings is 1. The molecular weight excluding hydrogens is 314 g/mol. The van der Waals surface area contributed by atoms with Crippen molar-refractivity contribution in [2.45, 2.75) is 12.8 Å². The molecule has 0 bridgehead atoms. The van der Waals surface area contributed by atoms with Gasteiger partial charge in [0.05, 0.1) is 30.2 Å². The summed E-state index contributed by atoms with van der Waals surface area (Å²) in [5, 5.41) is 3.81. The van der Waals surface area contributed by atoms with Crippen LogP contribution in [-0.2, 0) is 0 Å². The third kappa shape index (κ3) is 3.56. The molecule has 0 radical (unpaired) electrons. The van der Waals surface area contributed by atoms with Gasteiger partial charge in [-0.3, -0.25) is 9.78 Å². The number of nitrogens with zero attached hydrogens (tertiary/aromatic N) is 2. The fraction of sp³-hybridized carbons (Fsp3) is 0.294. The maximum Gasteiger partial charge on any atom is 0.255 e. The van der Waals surface area contributed by atoms with Crippen molar-refractivity contribution in [3.05, 3.63) is 47.2 Å². The summed E-state index contributed by atoms with van der Waals surface area (Å²) in [6.07, 6.45) is 5.40. The number of methoxy groups -OCH3 is 1. The Bertz CT molecular complexity index is 715. The lowest BCUT2D eigenvalue weighted by Crippen LogP contribution is -2.27. The van der Waals surface area contributed by atoms with Crippen LogP contribution in [-0.4, -0.2) is 36.0 Å².